The highest BCUT2D eigenvalue weighted by Gasteiger charge is 2.63. The first-order chi connectivity index (χ1) is 18.3. The normalized spacial score (nSPS) is 18.2. The lowest BCUT2D eigenvalue weighted by Gasteiger charge is -2.47. The van der Waals surface area contributed by atoms with Crippen LogP contribution in [0.15, 0.2) is 78.9 Å². The molecule has 1 atom stereocenters. The molecule has 4 rings (SSSR count). The number of phenolic OH excluding ortho intramolecular Hbond substituents is 1. The third kappa shape index (κ3) is 6.05. The van der Waals surface area contributed by atoms with Crippen LogP contribution < -0.4 is 9.64 Å². The van der Waals surface area contributed by atoms with Crippen molar-refractivity contribution in [2.24, 2.45) is 0 Å². The smallest absolute Gasteiger partial charge is 0.416 e. The fourth-order valence-electron chi connectivity index (χ4n) is 4.62. The van der Waals surface area contributed by atoms with E-state index in [4.69, 9.17) is 4.74 Å². The minimum absolute atomic E-state index is 0.0678. The average molecular weight is 550 g/mol. The molecular formula is C29H25F6NO3. The number of alkyl halides is 6. The van der Waals surface area contributed by atoms with Crippen molar-refractivity contribution in [1.82, 2.24) is 0 Å². The molecule has 0 unspecified atom stereocenters. The summed E-state index contributed by atoms with van der Waals surface area (Å²) in [6.07, 6.45) is -10.1. The zero-order valence-electron chi connectivity index (χ0n) is 20.8. The van der Waals surface area contributed by atoms with Crippen LogP contribution >= 0.6 is 0 Å². The summed E-state index contributed by atoms with van der Waals surface area (Å²) in [5.41, 5.74) is -1.58. The summed E-state index contributed by atoms with van der Waals surface area (Å²) in [6, 6.07) is 16.5. The summed E-state index contributed by atoms with van der Waals surface area (Å²) < 4.78 is 88.3. The van der Waals surface area contributed by atoms with Crippen molar-refractivity contribution < 1.29 is 41.0 Å². The zero-order valence-corrected chi connectivity index (χ0v) is 20.8. The first-order valence-electron chi connectivity index (χ1n) is 12.1. The van der Waals surface area contributed by atoms with Crippen molar-refractivity contribution >= 4 is 17.2 Å². The van der Waals surface area contributed by atoms with E-state index < -0.39 is 36.6 Å². The first kappa shape index (κ1) is 28.1. The number of carbonyl (C=O) groups is 1. The molecule has 0 saturated heterocycles. The molecule has 0 bridgehead atoms. The molecule has 39 heavy (non-hydrogen) atoms. The Kier molecular flexibility index (Phi) is 7.68. The second-order valence-electron chi connectivity index (χ2n) is 9.35. The largest absolute Gasteiger partial charge is 0.508 e. The molecule has 0 radical (unpaired) electrons. The lowest BCUT2D eigenvalue weighted by atomic mass is 9.76. The molecule has 0 fully saturated rings. The highest BCUT2D eigenvalue weighted by molar-refractivity contribution is 6.09. The zero-order chi connectivity index (χ0) is 28.4. The van der Waals surface area contributed by atoms with Crippen molar-refractivity contribution in [2.75, 3.05) is 11.5 Å². The number of hydrogen-bond acceptors (Lipinski definition) is 3. The van der Waals surface area contributed by atoms with E-state index in [-0.39, 0.29) is 41.4 Å². The maximum Gasteiger partial charge on any atom is 0.416 e. The van der Waals surface area contributed by atoms with Gasteiger partial charge in [-0.1, -0.05) is 42.0 Å². The molecule has 1 aliphatic rings. The summed E-state index contributed by atoms with van der Waals surface area (Å²) in [4.78, 5) is 14.1. The molecule has 3 aromatic carbocycles. The van der Waals surface area contributed by atoms with Crippen molar-refractivity contribution in [3.8, 4) is 11.5 Å². The van der Waals surface area contributed by atoms with Crippen LogP contribution in [-0.2, 0) is 10.3 Å². The summed E-state index contributed by atoms with van der Waals surface area (Å²) in [7, 11) is 0. The van der Waals surface area contributed by atoms with Crippen LogP contribution in [0.3, 0.4) is 0 Å². The highest BCUT2D eigenvalue weighted by atomic mass is 19.4. The molecule has 0 aliphatic carbocycles. The molecule has 206 valence electrons. The number of hydrogen-bond donors (Lipinski definition) is 1. The molecule has 4 nitrogen and oxygen atoms in total. The second-order valence-corrected chi connectivity index (χ2v) is 9.35. The minimum Gasteiger partial charge on any atom is -0.508 e. The summed E-state index contributed by atoms with van der Waals surface area (Å²) in [5, 5.41) is 9.69. The molecule has 10 heteroatoms. The lowest BCUT2D eigenvalue weighted by molar-refractivity contribution is -0.191. The Balaban J connectivity index is 1.78. The number of rotatable bonds is 7. The van der Waals surface area contributed by atoms with Gasteiger partial charge in [0.25, 0.3) is 5.91 Å². The first-order valence-corrected chi connectivity index (χ1v) is 12.1. The fraction of sp³-hybridized carbons (Fsp3) is 0.276. The molecule has 0 spiro atoms. The van der Waals surface area contributed by atoms with E-state index >= 15 is 13.2 Å². The number of benzene rings is 3. The van der Waals surface area contributed by atoms with E-state index in [9.17, 15) is 23.1 Å². The van der Waals surface area contributed by atoms with Crippen LogP contribution in [0, 0.1) is 6.92 Å². The number of halogens is 6. The number of aryl methyl sites for hydroxylation is 1. The number of aromatic hydroxyl groups is 1. The topological polar surface area (TPSA) is 49.8 Å². The van der Waals surface area contributed by atoms with Gasteiger partial charge in [-0.3, -0.25) is 9.69 Å². The van der Waals surface area contributed by atoms with Gasteiger partial charge in [0.2, 0.25) is 0 Å². The highest BCUT2D eigenvalue weighted by Crippen LogP contribution is 2.53. The predicted molar refractivity (Wildman–Crippen MR) is 134 cm³/mol. The van der Waals surface area contributed by atoms with Gasteiger partial charge >= 0.3 is 12.4 Å². The number of nitrogens with zero attached hydrogens (tertiary/aromatic N) is 1. The summed E-state index contributed by atoms with van der Waals surface area (Å²) in [5.74, 6) is -0.970. The Morgan fingerprint density at radius 3 is 2.08 bits per heavy atom. The van der Waals surface area contributed by atoms with Gasteiger partial charge in [-0.2, -0.15) is 26.3 Å². The predicted octanol–water partition coefficient (Wildman–Crippen LogP) is 7.70. The van der Waals surface area contributed by atoms with Gasteiger partial charge in [0.05, 0.1) is 6.61 Å². The fourth-order valence-corrected chi connectivity index (χ4v) is 4.62. The van der Waals surface area contributed by atoms with Crippen molar-refractivity contribution in [3.63, 3.8) is 0 Å². The number of anilines is 1. The minimum atomic E-state index is -4.96. The molecule has 3 aromatic rings. The van der Waals surface area contributed by atoms with Crippen LogP contribution in [0.2, 0.25) is 0 Å². The standard InChI is InChI=1S/C29H25F6NO3/c1-19-3-5-20(6-4-19)21-17-26(38)36(23-9-11-24(37)12-10-23)27(18-21,29(33,34)35)22-7-13-25(14-8-22)39-16-2-15-28(30,31)32/h3-14,17,37H,2,15-16,18H2,1H3/t27-/m0/s1. The Morgan fingerprint density at radius 2 is 1.51 bits per heavy atom. The summed E-state index contributed by atoms with van der Waals surface area (Å²) in [6.45, 7) is 1.57. The number of ether oxygens (including phenoxy) is 1. The Labute approximate surface area is 221 Å². The van der Waals surface area contributed by atoms with E-state index in [1.807, 2.05) is 6.92 Å². The Hall–Kier alpha value is -3.95. The van der Waals surface area contributed by atoms with Gasteiger partial charge in [0.15, 0.2) is 5.54 Å². The van der Waals surface area contributed by atoms with Gasteiger partial charge in [-0.05, 0) is 66.4 Å². The van der Waals surface area contributed by atoms with E-state index in [1.165, 1.54) is 54.6 Å². The van der Waals surface area contributed by atoms with Crippen LogP contribution in [-0.4, -0.2) is 30.0 Å². The van der Waals surface area contributed by atoms with Crippen LogP contribution in [0.5, 0.6) is 11.5 Å². The molecule has 1 aliphatic heterocycles. The third-order valence-electron chi connectivity index (χ3n) is 6.55. The van der Waals surface area contributed by atoms with E-state index in [2.05, 4.69) is 0 Å². The van der Waals surface area contributed by atoms with Crippen LogP contribution in [0.1, 0.15) is 36.0 Å². The van der Waals surface area contributed by atoms with Gasteiger partial charge < -0.3 is 9.84 Å². The van der Waals surface area contributed by atoms with E-state index in [0.29, 0.717) is 10.5 Å². The molecule has 1 amide bonds. The third-order valence-corrected chi connectivity index (χ3v) is 6.55. The molecule has 0 aromatic heterocycles. The van der Waals surface area contributed by atoms with Gasteiger partial charge in [-0.25, -0.2) is 0 Å². The van der Waals surface area contributed by atoms with Gasteiger partial charge in [0.1, 0.15) is 11.5 Å². The maximum atomic E-state index is 15.3. The number of phenols is 1. The second kappa shape index (κ2) is 10.7. The lowest BCUT2D eigenvalue weighted by Crippen LogP contribution is -2.60. The maximum absolute atomic E-state index is 15.3. The SMILES string of the molecule is Cc1ccc(C2=CC(=O)N(c3ccc(O)cc3)[C@@](c3ccc(OCCCC(F)(F)F)cc3)(C(F)(F)F)C2)cc1. The van der Waals surface area contributed by atoms with Gasteiger partial charge in [0, 0.05) is 24.6 Å². The van der Waals surface area contributed by atoms with Crippen molar-refractivity contribution in [3.05, 3.63) is 95.6 Å². The molecule has 1 N–H and O–H groups in total. The van der Waals surface area contributed by atoms with Crippen molar-refractivity contribution in [1.29, 1.82) is 0 Å². The van der Waals surface area contributed by atoms with E-state index in [1.54, 1.807) is 24.3 Å². The number of amides is 1. The Bertz CT molecular complexity index is 1330. The van der Waals surface area contributed by atoms with Crippen LogP contribution in [0.4, 0.5) is 32.0 Å². The quantitative estimate of drug-likeness (QED) is 0.243. The molecular weight excluding hydrogens is 524 g/mol. The van der Waals surface area contributed by atoms with Crippen molar-refractivity contribution in [2.45, 2.75) is 44.1 Å². The Morgan fingerprint density at radius 1 is 0.897 bits per heavy atom. The van der Waals surface area contributed by atoms with Gasteiger partial charge in [-0.15, -0.1) is 0 Å². The number of carbonyl (C=O) groups excluding carboxylic acids is 1. The van der Waals surface area contributed by atoms with E-state index in [0.717, 1.165) is 5.56 Å². The molecule has 0 saturated carbocycles. The summed E-state index contributed by atoms with van der Waals surface area (Å²) >= 11 is 0. The monoisotopic (exact) mass is 549 g/mol. The molecule has 1 heterocycles. The average Bonchev–Trinajstić information content (AvgIpc) is 2.86. The van der Waals surface area contributed by atoms with Crippen LogP contribution in [0.25, 0.3) is 5.57 Å².